The van der Waals surface area contributed by atoms with E-state index in [9.17, 15) is 47.1 Å². The van der Waals surface area contributed by atoms with Gasteiger partial charge in [0.05, 0.1) is 108 Å². The van der Waals surface area contributed by atoms with Crippen molar-refractivity contribution in [2.24, 2.45) is 0 Å². The Kier molecular flexibility index (Phi) is 29.4. The number of hydrogen-bond acceptors (Lipinski definition) is 17. The fourth-order valence-electron chi connectivity index (χ4n) is 9.80. The van der Waals surface area contributed by atoms with Crippen molar-refractivity contribution in [2.45, 2.75) is 58.7 Å². The standard InChI is InChI=1S/C22H16F3N5O.C20H12F3N5.C13H7ClN4.C7H6N2.C7H9N.C6H2Cl2N2.C4H9O.K/c1-13(31)21-28-17-4-2-3-5-18(17)30(21)20-11-14(12-26)10-19(29-20)27-16-8-6-15(7-9-16)22(23,24)25;21-20(22,23)14-5-7-15(8-6-14)26-18-9-13(11-24)10-19(27-18)28-12-25-16-3-1-2-4-17(16)28;14-12-5-9(7-15)6-13(17-12)18-8-16-10-3-1-2-4-11(10)18;1-2-4-7-6(3-1)8-5-9-7;1-6-2-4-7(8)5-3-6;7-5-1-4(3-9)2-6(8)10-5;1-4(2,3)5;/h2-11,13,31H,1H3,(H,27,29);1-10,12H,(H,26,27);1-6,8H;1-5H,(H,8,9);2-5H,8H2,1H3;1-2H;1-3H3;/q;;;;;;-1;+1. The number of nitrogens with two attached hydrogens (primary N) is 1. The molecule has 0 saturated heterocycles. The van der Waals surface area contributed by atoms with Crippen molar-refractivity contribution in [3.8, 4) is 41.7 Å². The summed E-state index contributed by atoms with van der Waals surface area (Å²) in [5, 5.41) is 63.1. The smallest absolute Gasteiger partial charge is 0.850 e. The van der Waals surface area contributed by atoms with Gasteiger partial charge in [-0.2, -0.15) is 47.4 Å². The fraction of sp³-hybridized carbons (Fsp3) is 0.114. The Morgan fingerprint density at radius 3 is 1.30 bits per heavy atom. The minimum absolute atomic E-state index is 0. The van der Waals surface area contributed by atoms with Crippen molar-refractivity contribution in [3.05, 3.63) is 298 Å². The molecule has 21 nitrogen and oxygen atoms in total. The first-order valence-corrected chi connectivity index (χ1v) is 33.5. The summed E-state index contributed by atoms with van der Waals surface area (Å²) in [6.45, 7) is 8.51. The molecule has 0 saturated carbocycles. The summed E-state index contributed by atoms with van der Waals surface area (Å²) >= 11 is 16.9. The van der Waals surface area contributed by atoms with Crippen LogP contribution in [0.15, 0.2) is 237 Å². The van der Waals surface area contributed by atoms with Crippen molar-refractivity contribution in [1.29, 1.82) is 21.0 Å². The van der Waals surface area contributed by atoms with Crippen LogP contribution in [0.4, 0.5) is 55.0 Å². The summed E-state index contributed by atoms with van der Waals surface area (Å²) < 4.78 is 81.7. The number of imidazole rings is 4. The zero-order valence-electron chi connectivity index (χ0n) is 59.1. The number of alkyl halides is 6. The molecule has 15 aromatic rings. The number of hydrogen-bond donors (Lipinski definition) is 5. The maximum atomic E-state index is 12.8. The second-order valence-electron chi connectivity index (χ2n) is 24.2. The third-order valence-electron chi connectivity index (χ3n) is 14.6. The first kappa shape index (κ1) is 84.0. The molecule has 8 aromatic heterocycles. The number of aromatic nitrogens is 12. The summed E-state index contributed by atoms with van der Waals surface area (Å²) in [6, 6.07) is 67.7. The number of para-hydroxylation sites is 8. The maximum absolute atomic E-state index is 12.8. The summed E-state index contributed by atoms with van der Waals surface area (Å²) in [7, 11) is 0. The topological polar surface area (TPSA) is 322 Å². The van der Waals surface area contributed by atoms with Crippen LogP contribution in [0.5, 0.6) is 0 Å². The van der Waals surface area contributed by atoms with Gasteiger partial charge in [0.1, 0.15) is 69.1 Å². The van der Waals surface area contributed by atoms with E-state index in [1.165, 1.54) is 60.2 Å². The van der Waals surface area contributed by atoms with E-state index >= 15 is 0 Å². The number of benzene rings is 7. The number of aliphatic hydroxyl groups is 1. The molecule has 548 valence electrons. The molecular formula is C79H61Cl3F6KN19O2. The normalized spacial score (nSPS) is 11.0. The number of aromatic amines is 1. The summed E-state index contributed by atoms with van der Waals surface area (Å²) in [5.41, 5.74) is 14.5. The van der Waals surface area contributed by atoms with Gasteiger partial charge in [0, 0.05) is 17.1 Å². The Morgan fingerprint density at radius 1 is 0.482 bits per heavy atom. The molecule has 0 fully saturated rings. The maximum Gasteiger partial charge on any atom is 1.00 e. The van der Waals surface area contributed by atoms with Crippen LogP contribution in [0.25, 0.3) is 61.6 Å². The molecule has 0 bridgehead atoms. The molecular weight excluding hydrogens is 1510 g/mol. The van der Waals surface area contributed by atoms with Crippen LogP contribution in [0, 0.1) is 52.2 Å². The fourth-order valence-corrected chi connectivity index (χ4v) is 10.5. The third kappa shape index (κ3) is 24.2. The number of fused-ring (bicyclic) bond motifs is 4. The number of rotatable bonds is 8. The molecule has 0 spiro atoms. The molecule has 0 aliphatic heterocycles. The Balaban J connectivity index is 0.000000174. The molecule has 0 aliphatic carbocycles. The number of nitrogens with zero attached hydrogens (tertiary/aromatic N) is 15. The van der Waals surface area contributed by atoms with Gasteiger partial charge in [-0.15, -0.1) is 5.60 Å². The van der Waals surface area contributed by atoms with E-state index in [1.54, 1.807) is 80.1 Å². The quantitative estimate of drug-likeness (QED) is 0.0408. The number of pyridine rings is 4. The molecule has 0 amide bonds. The van der Waals surface area contributed by atoms with Crippen LogP contribution in [0.1, 0.15) is 78.6 Å². The van der Waals surface area contributed by atoms with Crippen LogP contribution in [-0.2, 0) is 12.4 Å². The first-order valence-electron chi connectivity index (χ1n) is 32.4. The number of H-pyrrole nitrogens is 1. The zero-order chi connectivity index (χ0) is 78.6. The Bertz CT molecular complexity index is 5720. The minimum Gasteiger partial charge on any atom is -0.850 e. The Morgan fingerprint density at radius 2 is 0.864 bits per heavy atom. The van der Waals surface area contributed by atoms with E-state index < -0.39 is 35.2 Å². The number of aryl methyl sites for hydroxylation is 1. The van der Waals surface area contributed by atoms with Crippen molar-refractivity contribution < 1.29 is 87.9 Å². The van der Waals surface area contributed by atoms with E-state index in [2.05, 4.69) is 73.7 Å². The monoisotopic (exact) mass is 1570 g/mol. The van der Waals surface area contributed by atoms with Crippen molar-refractivity contribution in [2.75, 3.05) is 16.4 Å². The summed E-state index contributed by atoms with van der Waals surface area (Å²) in [5.74, 6) is 2.37. The number of nitrogen functional groups attached to an aromatic ring is 1. The van der Waals surface area contributed by atoms with E-state index in [0.717, 1.165) is 63.1 Å². The van der Waals surface area contributed by atoms with Crippen LogP contribution in [0.2, 0.25) is 15.5 Å². The van der Waals surface area contributed by atoms with Gasteiger partial charge in [-0.25, -0.2) is 39.9 Å². The van der Waals surface area contributed by atoms with Crippen molar-refractivity contribution >= 4 is 108 Å². The molecule has 31 heteroatoms. The van der Waals surface area contributed by atoms with E-state index in [4.69, 9.17) is 51.1 Å². The Labute approximate surface area is 683 Å². The van der Waals surface area contributed by atoms with E-state index in [1.807, 2.05) is 133 Å². The molecule has 6 N–H and O–H groups in total. The van der Waals surface area contributed by atoms with Gasteiger partial charge in [0.25, 0.3) is 0 Å². The van der Waals surface area contributed by atoms with Gasteiger partial charge < -0.3 is 31.6 Å². The van der Waals surface area contributed by atoms with Gasteiger partial charge >= 0.3 is 63.7 Å². The SMILES string of the molecule is CC(C)(C)[O-].CC(O)c1nc2ccccc2n1-c1cc(C#N)cc(Nc2ccc(C(F)(F)F)cc2)n1.Cc1ccc(N)cc1.N#Cc1cc(Cl)nc(-n2cnc3ccccc32)c1.N#Cc1cc(Cl)nc(Cl)c1.N#Cc1cc(Nc2ccc(C(F)(F)F)cc2)nc(-n2cnc3ccccc32)c1.[K+].c1ccc2[nH]cnc2c1. The van der Waals surface area contributed by atoms with Gasteiger partial charge in [-0.3, -0.25) is 13.7 Å². The number of halogens is 9. The molecule has 15 rings (SSSR count). The van der Waals surface area contributed by atoms with E-state index in [-0.39, 0.29) is 73.1 Å². The molecule has 1 atom stereocenters. The average Bonchev–Trinajstić information content (AvgIpc) is 1.63. The van der Waals surface area contributed by atoms with Crippen LogP contribution >= 0.6 is 34.8 Å². The zero-order valence-corrected chi connectivity index (χ0v) is 64.5. The van der Waals surface area contributed by atoms with Crippen LogP contribution in [-0.4, -0.2) is 69.3 Å². The van der Waals surface area contributed by atoms with Crippen LogP contribution in [0.3, 0.4) is 0 Å². The van der Waals surface area contributed by atoms with Gasteiger partial charge in [-0.05, 0) is 172 Å². The molecule has 7 aromatic carbocycles. The number of anilines is 5. The largest absolute Gasteiger partial charge is 1.00 e. The van der Waals surface area contributed by atoms with Crippen LogP contribution < -0.4 is 72.9 Å². The summed E-state index contributed by atoms with van der Waals surface area (Å²) in [6.07, 6.45) is -4.74. The third-order valence-corrected chi connectivity index (χ3v) is 15.2. The van der Waals surface area contributed by atoms with E-state index in [0.29, 0.717) is 73.3 Å². The summed E-state index contributed by atoms with van der Waals surface area (Å²) in [4.78, 5) is 37.0. The average molecular weight is 1570 g/mol. The van der Waals surface area contributed by atoms with Gasteiger partial charge in [0.2, 0.25) is 0 Å². The molecule has 0 aliphatic rings. The molecule has 110 heavy (non-hydrogen) atoms. The molecule has 1 unspecified atom stereocenters. The predicted octanol–water partition coefficient (Wildman–Crippen LogP) is 15.7. The van der Waals surface area contributed by atoms with Gasteiger partial charge in [-0.1, -0.05) is 122 Å². The van der Waals surface area contributed by atoms with Crippen molar-refractivity contribution in [1.82, 2.24) is 58.6 Å². The first-order chi connectivity index (χ1) is 51.9. The molecule has 8 heterocycles. The van der Waals surface area contributed by atoms with Crippen molar-refractivity contribution in [3.63, 3.8) is 0 Å². The molecule has 0 radical (unpaired) electrons. The Hall–Kier alpha value is -11.6. The second kappa shape index (κ2) is 38.5. The second-order valence-corrected chi connectivity index (χ2v) is 25.4. The number of nitriles is 4. The van der Waals surface area contributed by atoms with Gasteiger partial charge in [0.15, 0.2) is 0 Å². The minimum atomic E-state index is -4.43. The number of nitrogens with one attached hydrogen (secondary N) is 3. The number of aliphatic hydroxyl groups excluding tert-OH is 1. The predicted molar refractivity (Wildman–Crippen MR) is 406 cm³/mol.